The second kappa shape index (κ2) is 8.37. The fourth-order valence-electron chi connectivity index (χ4n) is 2.19. The molecular weight excluding hydrogens is 468 g/mol. The van der Waals surface area contributed by atoms with Gasteiger partial charge in [-0.25, -0.2) is 0 Å². The summed E-state index contributed by atoms with van der Waals surface area (Å²) >= 11 is 6.32. The Bertz CT molecular complexity index is 840. The van der Waals surface area contributed by atoms with Gasteiger partial charge in [0.05, 0.1) is 0 Å². The second-order valence-corrected chi connectivity index (χ2v) is 6.95. The van der Waals surface area contributed by atoms with Gasteiger partial charge in [-0.2, -0.15) is 0 Å². The summed E-state index contributed by atoms with van der Waals surface area (Å²) < 4.78 is 11.4. The molecule has 2 N–H and O–H groups in total. The first kappa shape index (κ1) is 18.5. The summed E-state index contributed by atoms with van der Waals surface area (Å²) in [4.78, 5) is 23.9. The Morgan fingerprint density at radius 3 is 1.38 bits per heavy atom. The summed E-state index contributed by atoms with van der Waals surface area (Å²) in [7, 11) is 0. The predicted octanol–water partition coefficient (Wildman–Crippen LogP) is 4.26. The molecule has 0 unspecified atom stereocenters. The van der Waals surface area contributed by atoms with Gasteiger partial charge < -0.3 is 19.5 Å². The van der Waals surface area contributed by atoms with Crippen molar-refractivity contribution in [1.29, 1.82) is 0 Å². The first-order valence-electron chi connectivity index (χ1n) is 7.66. The molecule has 0 atom stereocenters. The molecule has 2 aromatic heterocycles. The van der Waals surface area contributed by atoms with Crippen molar-refractivity contribution in [3.8, 4) is 0 Å². The van der Waals surface area contributed by atoms with Gasteiger partial charge in [0.15, 0.2) is 20.9 Å². The van der Waals surface area contributed by atoms with Crippen LogP contribution in [0, 0.1) is 0 Å². The molecule has 0 spiro atoms. The molecule has 0 bridgehead atoms. The zero-order chi connectivity index (χ0) is 18.5. The first-order valence-corrected chi connectivity index (χ1v) is 9.25. The van der Waals surface area contributed by atoms with Crippen LogP contribution in [0.25, 0.3) is 0 Å². The van der Waals surface area contributed by atoms with Crippen molar-refractivity contribution >= 4 is 43.7 Å². The third kappa shape index (κ3) is 4.86. The highest BCUT2D eigenvalue weighted by Gasteiger charge is 2.11. The Kier molecular flexibility index (Phi) is 5.95. The van der Waals surface area contributed by atoms with Crippen molar-refractivity contribution in [1.82, 2.24) is 10.6 Å². The molecule has 0 saturated heterocycles. The SMILES string of the molecule is O=C(NCc1ccc(CNC(=O)c2ccc(Br)o2)cc1)c1ccc(Br)o1. The van der Waals surface area contributed by atoms with E-state index in [-0.39, 0.29) is 23.3 Å². The van der Waals surface area contributed by atoms with E-state index in [4.69, 9.17) is 8.83 Å². The maximum absolute atomic E-state index is 11.9. The summed E-state index contributed by atoms with van der Waals surface area (Å²) in [5, 5.41) is 5.56. The van der Waals surface area contributed by atoms with E-state index in [1.54, 1.807) is 24.3 Å². The minimum Gasteiger partial charge on any atom is -0.444 e. The lowest BCUT2D eigenvalue weighted by Crippen LogP contribution is -2.23. The number of furan rings is 2. The van der Waals surface area contributed by atoms with Crippen LogP contribution < -0.4 is 10.6 Å². The monoisotopic (exact) mass is 480 g/mol. The van der Waals surface area contributed by atoms with Gasteiger partial charge in [-0.1, -0.05) is 24.3 Å². The number of carbonyl (C=O) groups excluding carboxylic acids is 2. The van der Waals surface area contributed by atoms with E-state index in [9.17, 15) is 9.59 Å². The molecule has 8 heteroatoms. The van der Waals surface area contributed by atoms with Gasteiger partial charge >= 0.3 is 0 Å². The highest BCUT2D eigenvalue weighted by Crippen LogP contribution is 2.15. The maximum Gasteiger partial charge on any atom is 0.287 e. The standard InChI is InChI=1S/C18H14Br2N2O4/c19-15-7-5-13(25-15)17(23)21-9-11-1-2-12(4-3-11)10-22-18(24)14-6-8-16(20)26-14/h1-8H,9-10H2,(H,21,23)(H,22,24). The Labute approximate surface area is 166 Å². The van der Waals surface area contributed by atoms with E-state index < -0.39 is 0 Å². The molecule has 3 rings (SSSR count). The third-order valence-electron chi connectivity index (χ3n) is 3.52. The molecule has 0 radical (unpaired) electrons. The maximum atomic E-state index is 11.9. The third-order valence-corrected chi connectivity index (χ3v) is 4.38. The van der Waals surface area contributed by atoms with Crippen LogP contribution in [-0.2, 0) is 13.1 Å². The Morgan fingerprint density at radius 1 is 0.692 bits per heavy atom. The Hall–Kier alpha value is -2.32. The van der Waals surface area contributed by atoms with Crippen molar-refractivity contribution in [3.63, 3.8) is 0 Å². The van der Waals surface area contributed by atoms with Crippen LogP contribution in [0.15, 0.2) is 66.7 Å². The largest absolute Gasteiger partial charge is 0.444 e. The van der Waals surface area contributed by atoms with Crippen LogP contribution in [0.3, 0.4) is 0 Å². The number of benzene rings is 1. The lowest BCUT2D eigenvalue weighted by Gasteiger charge is -2.06. The molecule has 0 fully saturated rings. The molecular formula is C18H14Br2N2O4. The van der Waals surface area contributed by atoms with Gasteiger partial charge in [0.1, 0.15) is 0 Å². The molecule has 1 aromatic carbocycles. The van der Waals surface area contributed by atoms with E-state index in [0.717, 1.165) is 11.1 Å². The van der Waals surface area contributed by atoms with E-state index >= 15 is 0 Å². The summed E-state index contributed by atoms with van der Waals surface area (Å²) in [5.74, 6) is -0.0603. The van der Waals surface area contributed by atoms with Crippen molar-refractivity contribution in [2.24, 2.45) is 0 Å². The molecule has 6 nitrogen and oxygen atoms in total. The summed E-state index contributed by atoms with van der Waals surface area (Å²) in [5.41, 5.74) is 1.88. The van der Waals surface area contributed by atoms with Crippen LogP contribution in [0.4, 0.5) is 0 Å². The van der Waals surface area contributed by atoms with Crippen molar-refractivity contribution in [2.75, 3.05) is 0 Å². The minimum atomic E-state index is -0.281. The van der Waals surface area contributed by atoms with Gasteiger partial charge in [0, 0.05) is 13.1 Å². The zero-order valence-electron chi connectivity index (χ0n) is 13.4. The van der Waals surface area contributed by atoms with Crippen molar-refractivity contribution in [3.05, 3.63) is 80.5 Å². The van der Waals surface area contributed by atoms with Gasteiger partial charge in [0.2, 0.25) is 0 Å². The number of nitrogens with one attached hydrogen (secondary N) is 2. The zero-order valence-corrected chi connectivity index (χ0v) is 16.6. The molecule has 0 aliphatic heterocycles. The second-order valence-electron chi connectivity index (χ2n) is 5.39. The van der Waals surface area contributed by atoms with Crippen LogP contribution in [-0.4, -0.2) is 11.8 Å². The van der Waals surface area contributed by atoms with E-state index in [1.807, 2.05) is 24.3 Å². The van der Waals surface area contributed by atoms with Gasteiger partial charge in [-0.15, -0.1) is 0 Å². The average molecular weight is 482 g/mol. The van der Waals surface area contributed by atoms with E-state index in [1.165, 1.54) is 0 Å². The molecule has 0 aliphatic rings. The van der Waals surface area contributed by atoms with Crippen molar-refractivity contribution < 1.29 is 18.4 Å². The van der Waals surface area contributed by atoms with E-state index in [2.05, 4.69) is 42.5 Å². The molecule has 2 heterocycles. The molecule has 0 saturated carbocycles. The normalized spacial score (nSPS) is 10.5. The molecule has 0 aliphatic carbocycles. The van der Waals surface area contributed by atoms with Crippen molar-refractivity contribution in [2.45, 2.75) is 13.1 Å². The van der Waals surface area contributed by atoms with Gasteiger partial charge in [-0.05, 0) is 67.3 Å². The quantitative estimate of drug-likeness (QED) is 0.551. The molecule has 3 aromatic rings. The minimum absolute atomic E-state index is 0.251. The van der Waals surface area contributed by atoms with Gasteiger partial charge in [0.25, 0.3) is 11.8 Å². The van der Waals surface area contributed by atoms with Crippen LogP contribution >= 0.6 is 31.9 Å². The lowest BCUT2D eigenvalue weighted by molar-refractivity contribution is 0.0914. The topological polar surface area (TPSA) is 84.5 Å². The van der Waals surface area contributed by atoms with Crippen LogP contribution in [0.1, 0.15) is 32.2 Å². The fraction of sp³-hybridized carbons (Fsp3) is 0.111. The summed E-state index contributed by atoms with van der Waals surface area (Å²) in [6.07, 6.45) is 0. The lowest BCUT2D eigenvalue weighted by atomic mass is 10.1. The first-order chi connectivity index (χ1) is 12.5. The molecule has 26 heavy (non-hydrogen) atoms. The molecule has 134 valence electrons. The fourth-order valence-corrected chi connectivity index (χ4v) is 2.80. The summed E-state index contributed by atoms with van der Waals surface area (Å²) in [6, 6.07) is 14.1. The number of amides is 2. The highest BCUT2D eigenvalue weighted by molar-refractivity contribution is 9.10. The number of carbonyl (C=O) groups is 2. The smallest absolute Gasteiger partial charge is 0.287 e. The predicted molar refractivity (Wildman–Crippen MR) is 102 cm³/mol. The average Bonchev–Trinajstić information content (AvgIpc) is 3.27. The molecule has 2 amide bonds. The highest BCUT2D eigenvalue weighted by atomic mass is 79.9. The van der Waals surface area contributed by atoms with Crippen LogP contribution in [0.5, 0.6) is 0 Å². The number of rotatable bonds is 6. The van der Waals surface area contributed by atoms with E-state index in [0.29, 0.717) is 22.4 Å². The Balaban J connectivity index is 1.48. The van der Waals surface area contributed by atoms with Gasteiger partial charge in [-0.3, -0.25) is 9.59 Å². The summed E-state index contributed by atoms with van der Waals surface area (Å²) in [6.45, 7) is 0.758. The number of hydrogen-bond donors (Lipinski definition) is 2. The number of hydrogen-bond acceptors (Lipinski definition) is 4. The Morgan fingerprint density at radius 2 is 1.08 bits per heavy atom. The number of halogens is 2. The van der Waals surface area contributed by atoms with Crippen LogP contribution in [0.2, 0.25) is 0 Å².